The first-order valence-corrected chi connectivity index (χ1v) is 23.2. The average Bonchev–Trinajstić information content (AvgIpc) is 4.11. The second-order valence-corrected chi connectivity index (χ2v) is 18.5. The van der Waals surface area contributed by atoms with Crippen LogP contribution in [-0.4, -0.2) is 65.9 Å². The Hall–Kier alpha value is -6.14. The number of benzene rings is 2. The molecule has 328 valence electrons. The molecule has 0 bridgehead atoms. The van der Waals surface area contributed by atoms with Gasteiger partial charge in [0.1, 0.15) is 25.3 Å². The second kappa shape index (κ2) is 17.8. The van der Waals surface area contributed by atoms with Gasteiger partial charge in [-0.2, -0.15) is 10.2 Å². The molecular weight excluding hydrogens is 813 g/mol. The van der Waals surface area contributed by atoms with Gasteiger partial charge in [-0.3, -0.25) is 4.79 Å². The van der Waals surface area contributed by atoms with Crippen LogP contribution < -0.4 is 10.6 Å². The smallest absolute Gasteiger partial charge is 0.192 e. The van der Waals surface area contributed by atoms with Crippen LogP contribution in [0.15, 0.2) is 112 Å². The Balaban J connectivity index is 0.000000170. The van der Waals surface area contributed by atoms with Gasteiger partial charge in [-0.05, 0) is 155 Å². The molecule has 0 saturated carbocycles. The van der Waals surface area contributed by atoms with Crippen molar-refractivity contribution in [3.05, 3.63) is 158 Å². The van der Waals surface area contributed by atoms with Gasteiger partial charge in [0.15, 0.2) is 5.78 Å². The first-order valence-electron chi connectivity index (χ1n) is 22.8. The maximum absolute atomic E-state index is 13.6. The van der Waals surface area contributed by atoms with E-state index in [1.165, 1.54) is 77.9 Å². The third-order valence-electron chi connectivity index (χ3n) is 14.0. The molecule has 2 unspecified atom stereocenters. The van der Waals surface area contributed by atoms with E-state index in [9.17, 15) is 4.79 Å². The molecule has 0 amide bonds. The summed E-state index contributed by atoms with van der Waals surface area (Å²) < 4.78 is 3.37. The molecule has 0 spiro atoms. The molecular formula is C52H58N10OS. The predicted octanol–water partition coefficient (Wildman–Crippen LogP) is 9.87. The van der Waals surface area contributed by atoms with Gasteiger partial charge in [0.2, 0.25) is 0 Å². The molecule has 2 atom stereocenters. The lowest BCUT2D eigenvalue weighted by Crippen LogP contribution is -2.18. The van der Waals surface area contributed by atoms with Crippen LogP contribution >= 0.6 is 12.2 Å². The normalized spacial score (nSPS) is 23.2. The zero-order valence-electron chi connectivity index (χ0n) is 38.1. The monoisotopic (exact) mass is 870 g/mol. The fourth-order valence-corrected chi connectivity index (χ4v) is 11.7. The topological polar surface area (TPSA) is 127 Å². The van der Waals surface area contributed by atoms with Gasteiger partial charge in [0.25, 0.3) is 0 Å². The third-order valence-corrected chi connectivity index (χ3v) is 14.5. The van der Waals surface area contributed by atoms with Crippen LogP contribution in [0.4, 0.5) is 0 Å². The molecule has 12 heteroatoms. The van der Waals surface area contributed by atoms with E-state index >= 15 is 0 Å². The number of carbonyl (C=O) groups is 1. The van der Waals surface area contributed by atoms with E-state index < -0.39 is 0 Å². The summed E-state index contributed by atoms with van der Waals surface area (Å²) in [6.07, 6.45) is 23.3. The molecule has 0 fully saturated rings. The van der Waals surface area contributed by atoms with Crippen LogP contribution in [0, 0.1) is 13.8 Å². The summed E-state index contributed by atoms with van der Waals surface area (Å²) in [4.78, 5) is 14.6. The largest absolute Gasteiger partial charge is 0.391 e. The van der Waals surface area contributed by atoms with Gasteiger partial charge in [0.05, 0.1) is 16.3 Å². The van der Waals surface area contributed by atoms with Crippen LogP contribution in [0.25, 0.3) is 5.57 Å². The molecule has 11 nitrogen and oxygen atoms in total. The molecule has 2 heterocycles. The van der Waals surface area contributed by atoms with Crippen LogP contribution in [0.5, 0.6) is 0 Å². The van der Waals surface area contributed by atoms with E-state index in [1.54, 1.807) is 34.7 Å². The summed E-state index contributed by atoms with van der Waals surface area (Å²) >= 11 is 6.25. The zero-order chi connectivity index (χ0) is 44.8. The van der Waals surface area contributed by atoms with E-state index in [0.29, 0.717) is 0 Å². The number of nitrogens with one attached hydrogen (secondary N) is 2. The second-order valence-electron chi connectivity index (χ2n) is 18.1. The van der Waals surface area contributed by atoms with Crippen molar-refractivity contribution < 1.29 is 4.79 Å². The molecule has 4 aromatic rings. The Labute approximate surface area is 382 Å². The zero-order valence-corrected chi connectivity index (χ0v) is 38.9. The Morgan fingerprint density at radius 2 is 1.19 bits per heavy atom. The van der Waals surface area contributed by atoms with Crippen molar-refractivity contribution >= 4 is 39.9 Å². The lowest BCUT2D eigenvalue weighted by atomic mass is 9.78. The molecule has 2 aromatic carbocycles. The van der Waals surface area contributed by atoms with Gasteiger partial charge in [0, 0.05) is 65.2 Å². The van der Waals surface area contributed by atoms with E-state index in [-0.39, 0.29) is 17.6 Å². The number of carbonyl (C=O) groups excluding carboxylic acids is 1. The molecule has 6 aliphatic carbocycles. The number of ketones is 1. The predicted molar refractivity (Wildman–Crippen MR) is 260 cm³/mol. The summed E-state index contributed by atoms with van der Waals surface area (Å²) in [5, 5.41) is 31.8. The Morgan fingerprint density at radius 1 is 0.656 bits per heavy atom. The van der Waals surface area contributed by atoms with Gasteiger partial charge in [-0.15, -0.1) is 20.4 Å². The van der Waals surface area contributed by atoms with Crippen LogP contribution in [0.1, 0.15) is 150 Å². The lowest BCUT2D eigenvalue weighted by molar-refractivity contribution is 0.103. The number of fused-ring (bicyclic) bond motifs is 6. The van der Waals surface area contributed by atoms with Crippen LogP contribution in [0.2, 0.25) is 0 Å². The lowest BCUT2D eigenvalue weighted by Gasteiger charge is -2.26. The van der Waals surface area contributed by atoms with Crippen molar-refractivity contribution in [2.45, 2.75) is 117 Å². The summed E-state index contributed by atoms with van der Waals surface area (Å²) in [5.74, 6) is 0.395. The van der Waals surface area contributed by atoms with Gasteiger partial charge in [-0.1, -0.05) is 60.3 Å². The molecule has 10 rings (SSSR count). The van der Waals surface area contributed by atoms with Gasteiger partial charge < -0.3 is 10.6 Å². The third kappa shape index (κ3) is 7.69. The first kappa shape index (κ1) is 43.1. The Morgan fingerprint density at radius 3 is 1.84 bits per heavy atom. The fraction of sp³-hybridized carbons (Fsp3) is 0.385. The number of aryl methyl sites for hydroxylation is 2. The minimum absolute atomic E-state index is 0.0659. The number of rotatable bonds is 6. The quantitative estimate of drug-likeness (QED) is 0.145. The molecule has 0 radical (unpaired) electrons. The molecule has 64 heavy (non-hydrogen) atoms. The number of hydrogen-bond donors (Lipinski definition) is 2. The SMILES string of the molecule is C=C1C=C(C2/C(=C(\C)NC)C(=O)c3c2cc(C)c2c3CCCC2=C)CCC1.CN/C(C)=C1\C(=S)c2c(cc(C)c3c2CCC/C3=N\n2cnnc2)C1C1=C/C(=N/n2cnnc2)CCC1. The standard InChI is InChI=1S/C27H29N9S.C25H29NO/c1-16-10-21-25(18-6-4-7-19(11-18)33-35-12-29-30-13-35)24(17(2)28-3)27(37)26(21)20-8-5-9-22(23(16)20)34-36-14-31-32-15-36;1-14-8-6-10-18(12-14)23-20-13-16(3)21-15(2)9-7-11-19(21)24(20)25(27)22(23)17(4)26-5/h10-15,25,28H,4-9H2,1-3H3;12-13,23,26H,1-2,6-11H2,3-5H3/b24-17-,33-19+,34-22+;22-17-. The number of aromatic nitrogens is 6. The van der Waals surface area contributed by atoms with Crippen molar-refractivity contribution in [2.24, 2.45) is 10.2 Å². The van der Waals surface area contributed by atoms with Gasteiger partial charge >= 0.3 is 0 Å². The minimum atomic E-state index is 0.0659. The van der Waals surface area contributed by atoms with Gasteiger partial charge in [-0.25, -0.2) is 9.35 Å². The molecule has 2 N–H and O–H groups in total. The van der Waals surface area contributed by atoms with E-state index in [4.69, 9.17) is 22.4 Å². The van der Waals surface area contributed by atoms with Crippen molar-refractivity contribution in [2.75, 3.05) is 14.1 Å². The van der Waals surface area contributed by atoms with E-state index in [2.05, 4.69) is 89.2 Å². The number of thiocarbonyl (C=S) groups is 1. The highest BCUT2D eigenvalue weighted by Crippen LogP contribution is 2.51. The summed E-state index contributed by atoms with van der Waals surface area (Å²) in [5.41, 5.74) is 23.7. The summed E-state index contributed by atoms with van der Waals surface area (Å²) in [6, 6.07) is 4.61. The number of allylic oxidation sites excluding steroid dienone is 10. The first-order chi connectivity index (χ1) is 31.0. The van der Waals surface area contributed by atoms with Crippen molar-refractivity contribution in [3.8, 4) is 0 Å². The maximum Gasteiger partial charge on any atom is 0.192 e. The summed E-state index contributed by atoms with van der Waals surface area (Å²) in [6.45, 7) is 17.0. The molecule has 2 aromatic heterocycles. The highest BCUT2D eigenvalue weighted by Gasteiger charge is 2.42. The maximum atomic E-state index is 13.6. The average molecular weight is 871 g/mol. The minimum Gasteiger partial charge on any atom is -0.391 e. The summed E-state index contributed by atoms with van der Waals surface area (Å²) in [7, 11) is 3.89. The highest BCUT2D eigenvalue weighted by molar-refractivity contribution is 7.81. The number of nitrogens with zero attached hydrogens (tertiary/aromatic N) is 8. The van der Waals surface area contributed by atoms with Crippen molar-refractivity contribution in [1.82, 2.24) is 40.4 Å². The molecule has 0 aliphatic heterocycles. The highest BCUT2D eigenvalue weighted by atomic mass is 32.1. The van der Waals surface area contributed by atoms with Crippen LogP contribution in [0.3, 0.4) is 0 Å². The van der Waals surface area contributed by atoms with Crippen LogP contribution in [-0.2, 0) is 12.8 Å². The van der Waals surface area contributed by atoms with E-state index in [1.807, 2.05) is 21.0 Å². The number of Topliss-reactive ketones (excluding diaryl/α,β-unsaturated/α-hetero) is 1. The van der Waals surface area contributed by atoms with Crippen molar-refractivity contribution in [3.63, 3.8) is 0 Å². The Bertz CT molecular complexity index is 2810. The van der Waals surface area contributed by atoms with Crippen molar-refractivity contribution in [1.29, 1.82) is 0 Å². The Kier molecular flexibility index (Phi) is 12.0. The molecule has 0 saturated heterocycles. The fourth-order valence-electron chi connectivity index (χ4n) is 11.2. The van der Waals surface area contributed by atoms with E-state index in [0.717, 1.165) is 116 Å². The molecule has 6 aliphatic rings. The number of hydrogen-bond acceptors (Lipinski definition) is 10.